The van der Waals surface area contributed by atoms with E-state index in [2.05, 4.69) is 4.98 Å². The quantitative estimate of drug-likeness (QED) is 0.595. The van der Waals surface area contributed by atoms with Crippen molar-refractivity contribution in [1.29, 1.82) is 0 Å². The highest BCUT2D eigenvalue weighted by molar-refractivity contribution is 7.18. The normalized spacial score (nSPS) is 16.0. The molecule has 0 fully saturated rings. The largest absolute Gasteiger partial charge is 0.462 e. The van der Waals surface area contributed by atoms with E-state index in [4.69, 9.17) is 4.74 Å². The Balaban J connectivity index is 1.74. The zero-order valence-corrected chi connectivity index (χ0v) is 17.5. The predicted octanol–water partition coefficient (Wildman–Crippen LogP) is 4.44. The van der Waals surface area contributed by atoms with E-state index in [9.17, 15) is 9.59 Å². The number of rotatable bonds is 3. The van der Waals surface area contributed by atoms with Gasteiger partial charge in [0.25, 0.3) is 5.56 Å². The second-order valence-electron chi connectivity index (χ2n) is 7.42. The van der Waals surface area contributed by atoms with Crippen LogP contribution in [0.15, 0.2) is 11.1 Å². The number of hydrogen-bond donors (Lipinski definition) is 0. The van der Waals surface area contributed by atoms with E-state index >= 15 is 0 Å². The second-order valence-corrected chi connectivity index (χ2v) is 9.59. The SMILES string of the molecule is CCOC(=O)c1c(-n2cnc3sc4c(c3c2=O)CCCC4)sc2c1CCCC2. The van der Waals surface area contributed by atoms with Crippen LogP contribution in [0.2, 0.25) is 0 Å². The molecule has 3 aromatic heterocycles. The van der Waals surface area contributed by atoms with Crippen LogP contribution in [0.1, 0.15) is 63.8 Å². The minimum absolute atomic E-state index is 0.0476. The van der Waals surface area contributed by atoms with Gasteiger partial charge in [0.05, 0.1) is 17.6 Å². The summed E-state index contributed by atoms with van der Waals surface area (Å²) in [6, 6.07) is 0. The van der Waals surface area contributed by atoms with Crippen LogP contribution in [-0.4, -0.2) is 22.1 Å². The maximum Gasteiger partial charge on any atom is 0.341 e. The van der Waals surface area contributed by atoms with Crippen LogP contribution in [0.4, 0.5) is 0 Å². The molecule has 2 aliphatic carbocycles. The fourth-order valence-corrected chi connectivity index (χ4v) is 6.99. The Morgan fingerprint density at radius 3 is 2.50 bits per heavy atom. The molecule has 7 heteroatoms. The van der Waals surface area contributed by atoms with Gasteiger partial charge in [-0.1, -0.05) is 0 Å². The Kier molecular flexibility index (Phi) is 4.59. The molecular weight excluding hydrogens is 392 g/mol. The molecule has 0 saturated heterocycles. The number of fused-ring (bicyclic) bond motifs is 4. The number of esters is 1. The highest BCUT2D eigenvalue weighted by Crippen LogP contribution is 2.38. The lowest BCUT2D eigenvalue weighted by atomic mass is 9.95. The number of nitrogens with zero attached hydrogens (tertiary/aromatic N) is 2. The summed E-state index contributed by atoms with van der Waals surface area (Å²) < 4.78 is 6.95. The summed E-state index contributed by atoms with van der Waals surface area (Å²) in [6.07, 6.45) is 9.92. The van der Waals surface area contributed by atoms with Crippen molar-refractivity contribution in [2.24, 2.45) is 0 Å². The summed E-state index contributed by atoms with van der Waals surface area (Å²) in [5.74, 6) is -0.323. The number of carbonyl (C=O) groups excluding carboxylic acids is 1. The summed E-state index contributed by atoms with van der Waals surface area (Å²) in [6.45, 7) is 2.14. The Morgan fingerprint density at radius 1 is 1.07 bits per heavy atom. The van der Waals surface area contributed by atoms with Crippen molar-refractivity contribution >= 4 is 38.9 Å². The Labute approximate surface area is 171 Å². The monoisotopic (exact) mass is 414 g/mol. The molecule has 0 spiro atoms. The number of hydrogen-bond acceptors (Lipinski definition) is 6. The van der Waals surface area contributed by atoms with Gasteiger partial charge in [0.1, 0.15) is 16.2 Å². The first kappa shape index (κ1) is 18.1. The highest BCUT2D eigenvalue weighted by Gasteiger charge is 2.29. The zero-order chi connectivity index (χ0) is 19.3. The van der Waals surface area contributed by atoms with E-state index in [0.29, 0.717) is 17.2 Å². The lowest BCUT2D eigenvalue weighted by Crippen LogP contribution is -2.21. The van der Waals surface area contributed by atoms with Gasteiger partial charge in [-0.05, 0) is 69.4 Å². The minimum atomic E-state index is -0.323. The van der Waals surface area contributed by atoms with Crippen molar-refractivity contribution in [1.82, 2.24) is 9.55 Å². The third kappa shape index (κ3) is 2.75. The van der Waals surface area contributed by atoms with Crippen LogP contribution >= 0.6 is 22.7 Å². The first-order valence-electron chi connectivity index (χ1n) is 10.0. The molecule has 0 atom stereocenters. The Hall–Kier alpha value is -1.99. The summed E-state index contributed by atoms with van der Waals surface area (Å²) in [5.41, 5.74) is 2.78. The molecule has 3 heterocycles. The molecule has 5 rings (SSSR count). The van der Waals surface area contributed by atoms with Crippen LogP contribution in [0.3, 0.4) is 0 Å². The predicted molar refractivity (Wildman–Crippen MR) is 112 cm³/mol. The van der Waals surface area contributed by atoms with E-state index < -0.39 is 0 Å². The van der Waals surface area contributed by atoms with Gasteiger partial charge in [-0.2, -0.15) is 0 Å². The molecule has 0 amide bonds. The number of aromatic nitrogens is 2. The molecule has 0 N–H and O–H groups in total. The lowest BCUT2D eigenvalue weighted by molar-refractivity contribution is 0.0525. The smallest absolute Gasteiger partial charge is 0.341 e. The average Bonchev–Trinajstić information content (AvgIpc) is 3.27. The van der Waals surface area contributed by atoms with Crippen LogP contribution in [0, 0.1) is 0 Å². The van der Waals surface area contributed by atoms with E-state index in [1.807, 2.05) is 6.92 Å². The number of aryl methyl sites for hydroxylation is 3. The van der Waals surface area contributed by atoms with Gasteiger partial charge in [0.2, 0.25) is 0 Å². The molecule has 146 valence electrons. The zero-order valence-electron chi connectivity index (χ0n) is 15.9. The fourth-order valence-electron chi connectivity index (χ4n) is 4.43. The maximum atomic E-state index is 13.5. The van der Waals surface area contributed by atoms with Crippen molar-refractivity contribution in [3.05, 3.63) is 43.1 Å². The molecule has 0 radical (unpaired) electrons. The van der Waals surface area contributed by atoms with Crippen LogP contribution in [-0.2, 0) is 30.4 Å². The molecule has 2 aliphatic rings. The molecular formula is C21H22N2O3S2. The van der Waals surface area contributed by atoms with E-state index in [1.165, 1.54) is 21.7 Å². The van der Waals surface area contributed by atoms with Gasteiger partial charge in [0.15, 0.2) is 0 Å². The van der Waals surface area contributed by atoms with Crippen molar-refractivity contribution in [3.8, 4) is 5.00 Å². The molecule has 28 heavy (non-hydrogen) atoms. The first-order valence-corrected chi connectivity index (χ1v) is 11.7. The van der Waals surface area contributed by atoms with Gasteiger partial charge in [0, 0.05) is 9.75 Å². The number of thiophene rings is 2. The van der Waals surface area contributed by atoms with Crippen molar-refractivity contribution in [2.45, 2.75) is 58.3 Å². The molecule has 0 unspecified atom stereocenters. The molecule has 0 bridgehead atoms. The number of carbonyl (C=O) groups is 1. The summed E-state index contributed by atoms with van der Waals surface area (Å²) in [4.78, 5) is 34.2. The summed E-state index contributed by atoms with van der Waals surface area (Å²) in [7, 11) is 0. The Bertz CT molecular complexity index is 1140. The van der Waals surface area contributed by atoms with Gasteiger partial charge >= 0.3 is 5.97 Å². The third-order valence-electron chi connectivity index (χ3n) is 5.73. The van der Waals surface area contributed by atoms with Crippen LogP contribution < -0.4 is 5.56 Å². The standard InChI is InChI=1S/C21H22N2O3S2/c1-2-26-21(25)17-13-8-4-6-10-15(13)28-20(17)23-11-22-18-16(19(23)24)12-7-3-5-9-14(12)27-18/h11H,2-10H2,1H3. The van der Waals surface area contributed by atoms with E-state index in [-0.39, 0.29) is 11.5 Å². The second kappa shape index (κ2) is 7.12. The minimum Gasteiger partial charge on any atom is -0.462 e. The average molecular weight is 415 g/mol. The van der Waals surface area contributed by atoms with Crippen molar-refractivity contribution in [2.75, 3.05) is 6.61 Å². The number of ether oxygens (including phenoxy) is 1. The lowest BCUT2D eigenvalue weighted by Gasteiger charge is -2.12. The van der Waals surface area contributed by atoms with Crippen LogP contribution in [0.25, 0.3) is 15.2 Å². The summed E-state index contributed by atoms with van der Waals surface area (Å²) in [5, 5.41) is 1.43. The Morgan fingerprint density at radius 2 is 1.75 bits per heavy atom. The molecule has 0 aromatic carbocycles. The molecule has 5 nitrogen and oxygen atoms in total. The molecule has 0 saturated carbocycles. The topological polar surface area (TPSA) is 61.2 Å². The van der Waals surface area contributed by atoms with E-state index in [0.717, 1.165) is 60.7 Å². The van der Waals surface area contributed by atoms with Gasteiger partial charge in [-0.15, -0.1) is 22.7 Å². The molecule has 0 aliphatic heterocycles. The van der Waals surface area contributed by atoms with Gasteiger partial charge in [-0.3, -0.25) is 9.36 Å². The van der Waals surface area contributed by atoms with Gasteiger partial charge in [-0.25, -0.2) is 9.78 Å². The highest BCUT2D eigenvalue weighted by atomic mass is 32.1. The molecule has 3 aromatic rings. The van der Waals surface area contributed by atoms with Crippen molar-refractivity contribution in [3.63, 3.8) is 0 Å². The fraction of sp³-hybridized carbons (Fsp3) is 0.476. The first-order chi connectivity index (χ1) is 13.7. The third-order valence-corrected chi connectivity index (χ3v) is 8.22. The van der Waals surface area contributed by atoms with Gasteiger partial charge < -0.3 is 4.74 Å². The van der Waals surface area contributed by atoms with E-state index in [1.54, 1.807) is 33.6 Å². The van der Waals surface area contributed by atoms with Crippen LogP contribution in [0.5, 0.6) is 0 Å². The maximum absolute atomic E-state index is 13.5. The van der Waals surface area contributed by atoms with Crippen molar-refractivity contribution < 1.29 is 9.53 Å². The summed E-state index contributed by atoms with van der Waals surface area (Å²) >= 11 is 3.21.